The number of rotatable bonds is 14. The Kier molecular flexibility index (Phi) is 9.59. The molecule has 1 N–H and O–H groups in total. The molecule has 0 spiro atoms. The molecule has 0 bridgehead atoms. The van der Waals surface area contributed by atoms with Crippen molar-refractivity contribution < 1.29 is 0 Å². The van der Waals surface area contributed by atoms with E-state index < -0.39 is 0 Å². The van der Waals surface area contributed by atoms with Crippen molar-refractivity contribution in [2.75, 3.05) is 13.1 Å². The molecule has 0 aromatic carbocycles. The topological polar surface area (TPSA) is 12.0 Å². The van der Waals surface area contributed by atoms with Gasteiger partial charge in [-0.2, -0.15) is 0 Å². The minimum Gasteiger partial charge on any atom is -0.316 e. The van der Waals surface area contributed by atoms with Gasteiger partial charge in [0.2, 0.25) is 0 Å². The van der Waals surface area contributed by atoms with Crippen LogP contribution >= 0.6 is 0 Å². The van der Waals surface area contributed by atoms with E-state index in [0.717, 1.165) is 12.0 Å². The Balaban J connectivity index is 1.79. The van der Waals surface area contributed by atoms with E-state index in [4.69, 9.17) is 0 Å². The molecular weight excluding hydrogens is 230 g/mol. The molecule has 1 heteroatoms. The SMILES string of the molecule is CCCCCCCCCCCCC1(CNCC)CC1. The summed E-state index contributed by atoms with van der Waals surface area (Å²) in [7, 11) is 0. The van der Waals surface area contributed by atoms with Crippen LogP contribution in [0.2, 0.25) is 0 Å². The third-order valence-electron chi connectivity index (χ3n) is 4.77. The average Bonchev–Trinajstić information content (AvgIpc) is 3.19. The molecule has 0 saturated heterocycles. The summed E-state index contributed by atoms with van der Waals surface area (Å²) in [4.78, 5) is 0. The molecule has 1 saturated carbocycles. The van der Waals surface area contributed by atoms with Crippen molar-refractivity contribution in [2.24, 2.45) is 5.41 Å². The molecule has 0 unspecified atom stereocenters. The molecular formula is C18H37N. The van der Waals surface area contributed by atoms with Gasteiger partial charge in [0.1, 0.15) is 0 Å². The third-order valence-corrected chi connectivity index (χ3v) is 4.77. The quantitative estimate of drug-likeness (QED) is 0.399. The summed E-state index contributed by atoms with van der Waals surface area (Å²) < 4.78 is 0. The lowest BCUT2D eigenvalue weighted by Gasteiger charge is -2.15. The van der Waals surface area contributed by atoms with Gasteiger partial charge in [0.15, 0.2) is 0 Å². The second-order valence-corrected chi connectivity index (χ2v) is 6.71. The highest BCUT2D eigenvalue weighted by atomic mass is 14.9. The van der Waals surface area contributed by atoms with E-state index in [2.05, 4.69) is 19.2 Å². The first-order valence-corrected chi connectivity index (χ1v) is 9.04. The Morgan fingerprint density at radius 1 is 0.737 bits per heavy atom. The maximum atomic E-state index is 3.54. The highest BCUT2D eigenvalue weighted by Crippen LogP contribution is 2.49. The van der Waals surface area contributed by atoms with Crippen molar-refractivity contribution in [1.29, 1.82) is 0 Å². The maximum Gasteiger partial charge on any atom is 0.000770 e. The molecule has 0 aliphatic heterocycles. The lowest BCUT2D eigenvalue weighted by atomic mass is 9.97. The smallest absolute Gasteiger partial charge is 0.000770 e. The second kappa shape index (κ2) is 10.7. The van der Waals surface area contributed by atoms with Crippen molar-refractivity contribution in [1.82, 2.24) is 5.32 Å². The zero-order valence-corrected chi connectivity index (χ0v) is 13.6. The van der Waals surface area contributed by atoms with Gasteiger partial charge in [-0.15, -0.1) is 0 Å². The molecule has 1 aliphatic rings. The van der Waals surface area contributed by atoms with Crippen LogP contribution < -0.4 is 5.32 Å². The Morgan fingerprint density at radius 2 is 1.26 bits per heavy atom. The predicted octanol–water partition coefficient (Wildman–Crippen LogP) is 5.69. The van der Waals surface area contributed by atoms with E-state index in [1.54, 1.807) is 0 Å². The zero-order valence-electron chi connectivity index (χ0n) is 13.6. The fourth-order valence-electron chi connectivity index (χ4n) is 3.07. The van der Waals surface area contributed by atoms with Crippen LogP contribution in [0.1, 0.15) is 97.3 Å². The van der Waals surface area contributed by atoms with Gasteiger partial charge in [0, 0.05) is 6.54 Å². The van der Waals surface area contributed by atoms with Gasteiger partial charge in [-0.25, -0.2) is 0 Å². The number of hydrogen-bond acceptors (Lipinski definition) is 1. The van der Waals surface area contributed by atoms with E-state index >= 15 is 0 Å². The fraction of sp³-hybridized carbons (Fsp3) is 1.00. The molecule has 1 fully saturated rings. The molecule has 0 aromatic heterocycles. The van der Waals surface area contributed by atoms with E-state index in [1.807, 2.05) is 0 Å². The minimum absolute atomic E-state index is 0.732. The minimum atomic E-state index is 0.732. The second-order valence-electron chi connectivity index (χ2n) is 6.71. The number of unbranched alkanes of at least 4 members (excludes halogenated alkanes) is 9. The molecule has 0 aromatic rings. The summed E-state index contributed by atoms with van der Waals surface area (Å²) in [6.45, 7) is 6.93. The van der Waals surface area contributed by atoms with Crippen LogP contribution in [0.5, 0.6) is 0 Å². The van der Waals surface area contributed by atoms with Gasteiger partial charge in [0.25, 0.3) is 0 Å². The lowest BCUT2D eigenvalue weighted by Crippen LogP contribution is -2.23. The Morgan fingerprint density at radius 3 is 1.74 bits per heavy atom. The van der Waals surface area contributed by atoms with Crippen LogP contribution in [0.25, 0.3) is 0 Å². The van der Waals surface area contributed by atoms with Gasteiger partial charge < -0.3 is 5.32 Å². The van der Waals surface area contributed by atoms with E-state index in [9.17, 15) is 0 Å². The summed E-state index contributed by atoms with van der Waals surface area (Å²) in [6, 6.07) is 0. The number of nitrogens with one attached hydrogen (secondary N) is 1. The first-order valence-electron chi connectivity index (χ1n) is 9.04. The standard InChI is InChI=1S/C18H37N/c1-3-5-6-7-8-9-10-11-12-13-14-18(15-16-18)17-19-4-2/h19H,3-17H2,1-2H3. The first kappa shape index (κ1) is 17.0. The predicted molar refractivity (Wildman–Crippen MR) is 86.7 cm³/mol. The van der Waals surface area contributed by atoms with Gasteiger partial charge >= 0.3 is 0 Å². The normalized spacial score (nSPS) is 16.7. The highest BCUT2D eigenvalue weighted by molar-refractivity contribution is 4.94. The molecule has 0 radical (unpaired) electrons. The number of hydrogen-bond donors (Lipinski definition) is 1. The fourth-order valence-corrected chi connectivity index (χ4v) is 3.07. The molecule has 0 atom stereocenters. The molecule has 19 heavy (non-hydrogen) atoms. The van der Waals surface area contributed by atoms with Crippen molar-refractivity contribution >= 4 is 0 Å². The van der Waals surface area contributed by atoms with Gasteiger partial charge in [-0.1, -0.05) is 78.1 Å². The Bertz CT molecular complexity index is 196. The summed E-state index contributed by atoms with van der Waals surface area (Å²) in [6.07, 6.45) is 19.1. The van der Waals surface area contributed by atoms with Crippen LogP contribution in [-0.2, 0) is 0 Å². The Labute approximate surface area is 121 Å². The molecule has 1 rings (SSSR count). The van der Waals surface area contributed by atoms with Gasteiger partial charge in [-0.05, 0) is 31.2 Å². The molecule has 0 amide bonds. The molecule has 0 heterocycles. The zero-order chi connectivity index (χ0) is 13.8. The lowest BCUT2D eigenvalue weighted by molar-refractivity contribution is 0.406. The average molecular weight is 268 g/mol. The summed E-state index contributed by atoms with van der Waals surface area (Å²) in [5.74, 6) is 0. The summed E-state index contributed by atoms with van der Waals surface area (Å²) in [5, 5.41) is 3.54. The summed E-state index contributed by atoms with van der Waals surface area (Å²) in [5.41, 5.74) is 0.732. The van der Waals surface area contributed by atoms with Crippen molar-refractivity contribution in [3.8, 4) is 0 Å². The maximum absolute atomic E-state index is 3.54. The third kappa shape index (κ3) is 8.68. The van der Waals surface area contributed by atoms with E-state index in [0.29, 0.717) is 0 Å². The van der Waals surface area contributed by atoms with Crippen LogP contribution in [0, 0.1) is 5.41 Å². The van der Waals surface area contributed by atoms with Gasteiger partial charge in [-0.3, -0.25) is 0 Å². The largest absolute Gasteiger partial charge is 0.316 e. The highest BCUT2D eigenvalue weighted by Gasteiger charge is 2.40. The Hall–Kier alpha value is -0.0400. The van der Waals surface area contributed by atoms with Gasteiger partial charge in [0.05, 0.1) is 0 Å². The van der Waals surface area contributed by atoms with Crippen molar-refractivity contribution in [3.05, 3.63) is 0 Å². The molecule has 114 valence electrons. The van der Waals surface area contributed by atoms with Crippen molar-refractivity contribution in [2.45, 2.75) is 97.3 Å². The van der Waals surface area contributed by atoms with Crippen LogP contribution in [-0.4, -0.2) is 13.1 Å². The van der Waals surface area contributed by atoms with E-state index in [-0.39, 0.29) is 0 Å². The summed E-state index contributed by atoms with van der Waals surface area (Å²) >= 11 is 0. The van der Waals surface area contributed by atoms with Crippen LogP contribution in [0.15, 0.2) is 0 Å². The van der Waals surface area contributed by atoms with Crippen LogP contribution in [0.4, 0.5) is 0 Å². The van der Waals surface area contributed by atoms with Crippen molar-refractivity contribution in [3.63, 3.8) is 0 Å². The van der Waals surface area contributed by atoms with Crippen LogP contribution in [0.3, 0.4) is 0 Å². The molecule has 1 aliphatic carbocycles. The molecule has 1 nitrogen and oxygen atoms in total. The first-order chi connectivity index (χ1) is 9.33. The van der Waals surface area contributed by atoms with E-state index in [1.165, 1.54) is 90.0 Å². The monoisotopic (exact) mass is 267 g/mol.